The van der Waals surface area contributed by atoms with E-state index < -0.39 is 10.0 Å². The molecule has 0 spiro atoms. The van der Waals surface area contributed by atoms with Crippen LogP contribution in [0.3, 0.4) is 0 Å². The van der Waals surface area contributed by atoms with Gasteiger partial charge in [0.05, 0.1) is 4.90 Å². The number of rotatable bonds is 7. The minimum atomic E-state index is -3.61. The van der Waals surface area contributed by atoms with E-state index in [1.54, 1.807) is 22.5 Å². The molecule has 148 valence electrons. The largest absolute Gasteiger partial charge is 0.349 e. The quantitative estimate of drug-likeness (QED) is 0.675. The monoisotopic (exact) mass is 462 g/mol. The van der Waals surface area contributed by atoms with Gasteiger partial charge in [-0.25, -0.2) is 8.42 Å². The van der Waals surface area contributed by atoms with Crippen LogP contribution in [0.1, 0.15) is 47.2 Å². The van der Waals surface area contributed by atoms with E-state index in [1.807, 2.05) is 31.2 Å². The van der Waals surface area contributed by atoms with Crippen molar-refractivity contribution in [2.75, 3.05) is 0 Å². The summed E-state index contributed by atoms with van der Waals surface area (Å²) in [5.41, 5.74) is 2.49. The number of amides is 1. The van der Waals surface area contributed by atoms with Crippen molar-refractivity contribution in [3.05, 3.63) is 63.6 Å². The van der Waals surface area contributed by atoms with E-state index in [4.69, 9.17) is 0 Å². The van der Waals surface area contributed by atoms with Crippen LogP contribution in [0.2, 0.25) is 0 Å². The highest BCUT2D eigenvalue weighted by Crippen LogP contribution is 2.36. The van der Waals surface area contributed by atoms with Gasteiger partial charge < -0.3 is 5.32 Å². The normalized spacial score (nSPS) is 17.0. The predicted molar refractivity (Wildman–Crippen MR) is 112 cm³/mol. The van der Waals surface area contributed by atoms with Crippen molar-refractivity contribution in [1.82, 2.24) is 9.62 Å². The molecule has 5 nitrogen and oxygen atoms in total. The van der Waals surface area contributed by atoms with Gasteiger partial charge in [-0.05, 0) is 83.9 Å². The molecule has 0 aromatic heterocycles. The second-order valence-electron chi connectivity index (χ2n) is 7.66. The summed E-state index contributed by atoms with van der Waals surface area (Å²) in [5, 5.41) is 2.96. The fourth-order valence-corrected chi connectivity index (χ4v) is 5.98. The topological polar surface area (TPSA) is 66.5 Å². The number of benzene rings is 2. The van der Waals surface area contributed by atoms with Crippen molar-refractivity contribution in [2.45, 2.75) is 56.1 Å². The summed E-state index contributed by atoms with van der Waals surface area (Å²) in [6, 6.07) is 12.9. The lowest BCUT2D eigenvalue weighted by Gasteiger charge is -2.23. The van der Waals surface area contributed by atoms with Gasteiger partial charge in [0.15, 0.2) is 0 Å². The van der Waals surface area contributed by atoms with Gasteiger partial charge in [0.2, 0.25) is 10.0 Å². The van der Waals surface area contributed by atoms with Crippen molar-refractivity contribution in [3.8, 4) is 0 Å². The van der Waals surface area contributed by atoms with E-state index in [-0.39, 0.29) is 11.9 Å². The Morgan fingerprint density at radius 1 is 1.11 bits per heavy atom. The molecule has 0 unspecified atom stereocenters. The second-order valence-corrected chi connectivity index (χ2v) is 10.4. The Kier molecular flexibility index (Phi) is 5.33. The van der Waals surface area contributed by atoms with Crippen LogP contribution in [0.5, 0.6) is 0 Å². The zero-order valence-electron chi connectivity index (χ0n) is 15.7. The fraction of sp³-hybridized carbons (Fsp3) is 0.381. The minimum absolute atomic E-state index is 0.0380. The lowest BCUT2D eigenvalue weighted by molar-refractivity contribution is 0.0951. The molecule has 0 saturated heterocycles. The first-order valence-electron chi connectivity index (χ1n) is 9.52. The average molecular weight is 463 g/mol. The zero-order chi connectivity index (χ0) is 19.9. The van der Waals surface area contributed by atoms with Gasteiger partial charge in [0, 0.05) is 28.7 Å². The molecule has 1 N–H and O–H groups in total. The van der Waals surface area contributed by atoms with E-state index >= 15 is 0 Å². The number of sulfonamides is 1. The van der Waals surface area contributed by atoms with E-state index in [1.165, 1.54) is 0 Å². The maximum absolute atomic E-state index is 13.3. The number of aryl methyl sites for hydroxylation is 1. The minimum Gasteiger partial charge on any atom is -0.349 e. The van der Waals surface area contributed by atoms with E-state index in [2.05, 4.69) is 21.2 Å². The van der Waals surface area contributed by atoms with Crippen LogP contribution in [0, 0.1) is 6.92 Å². The summed E-state index contributed by atoms with van der Waals surface area (Å²) >= 11 is 3.41. The third kappa shape index (κ3) is 4.31. The van der Waals surface area contributed by atoms with Gasteiger partial charge in [-0.1, -0.05) is 18.2 Å². The second kappa shape index (κ2) is 7.61. The first-order chi connectivity index (χ1) is 13.3. The van der Waals surface area contributed by atoms with E-state index in [9.17, 15) is 13.2 Å². The number of hydrogen-bond acceptors (Lipinski definition) is 3. The van der Waals surface area contributed by atoms with E-state index in [0.29, 0.717) is 27.5 Å². The molecule has 28 heavy (non-hydrogen) atoms. The summed E-state index contributed by atoms with van der Waals surface area (Å²) in [7, 11) is -3.61. The number of halogens is 1. The number of carbonyl (C=O) groups is 1. The van der Waals surface area contributed by atoms with Crippen molar-refractivity contribution in [2.24, 2.45) is 0 Å². The van der Waals surface area contributed by atoms with E-state index in [0.717, 1.165) is 36.8 Å². The van der Waals surface area contributed by atoms with Crippen LogP contribution in [0.15, 0.2) is 51.8 Å². The van der Waals surface area contributed by atoms with Gasteiger partial charge >= 0.3 is 0 Å². The summed E-state index contributed by atoms with van der Waals surface area (Å²) in [6.07, 6.45) is 3.86. The molecule has 2 aliphatic carbocycles. The van der Waals surface area contributed by atoms with Crippen molar-refractivity contribution in [1.29, 1.82) is 0 Å². The van der Waals surface area contributed by atoms with Crippen LogP contribution < -0.4 is 5.32 Å². The molecular weight excluding hydrogens is 440 g/mol. The van der Waals surface area contributed by atoms with Gasteiger partial charge in [-0.15, -0.1) is 0 Å². The molecule has 0 heterocycles. The smallest absolute Gasteiger partial charge is 0.251 e. The molecular formula is C21H23BrN2O3S. The third-order valence-corrected chi connectivity index (χ3v) is 7.97. The Morgan fingerprint density at radius 3 is 2.36 bits per heavy atom. The highest BCUT2D eigenvalue weighted by molar-refractivity contribution is 9.10. The standard InChI is InChI=1S/C21H23BrN2O3S/c1-14-2-11-20(19(22)12-14)28(26,27)24(18-9-10-18)13-15-3-5-16(6-4-15)21(25)23-17-7-8-17/h2-6,11-12,17-18H,7-10,13H2,1H3,(H,23,25). The molecule has 4 rings (SSSR count). The molecule has 0 atom stereocenters. The molecule has 0 aliphatic heterocycles. The molecule has 0 bridgehead atoms. The summed E-state index contributed by atoms with van der Waals surface area (Å²) in [4.78, 5) is 12.4. The van der Waals surface area contributed by atoms with Crippen molar-refractivity contribution >= 4 is 31.9 Å². The number of nitrogens with zero attached hydrogens (tertiary/aromatic N) is 1. The Labute approximate surface area is 174 Å². The predicted octanol–water partition coefficient (Wildman–Crippen LogP) is 4.00. The maximum Gasteiger partial charge on any atom is 0.251 e. The lowest BCUT2D eigenvalue weighted by atomic mass is 10.1. The highest BCUT2D eigenvalue weighted by Gasteiger charge is 2.38. The van der Waals surface area contributed by atoms with Crippen LogP contribution in [0.25, 0.3) is 0 Å². The molecule has 7 heteroatoms. The molecule has 2 saturated carbocycles. The van der Waals surface area contributed by atoms with Crippen LogP contribution in [0.4, 0.5) is 0 Å². The van der Waals surface area contributed by atoms with Gasteiger partial charge in [0.25, 0.3) is 5.91 Å². The molecule has 0 radical (unpaired) electrons. The van der Waals surface area contributed by atoms with Crippen LogP contribution in [-0.2, 0) is 16.6 Å². The summed E-state index contributed by atoms with van der Waals surface area (Å²) in [6.45, 7) is 2.23. The summed E-state index contributed by atoms with van der Waals surface area (Å²) in [5.74, 6) is -0.0655. The molecule has 2 aromatic rings. The number of hydrogen-bond donors (Lipinski definition) is 1. The van der Waals surface area contributed by atoms with Gasteiger partial charge in [-0.3, -0.25) is 4.79 Å². The SMILES string of the molecule is Cc1ccc(S(=O)(=O)N(Cc2ccc(C(=O)NC3CC3)cc2)C2CC2)c(Br)c1. The van der Waals surface area contributed by atoms with Gasteiger partial charge in [0.1, 0.15) is 0 Å². The van der Waals surface area contributed by atoms with Gasteiger partial charge in [-0.2, -0.15) is 4.31 Å². The fourth-order valence-electron chi connectivity index (χ4n) is 3.15. The number of carbonyl (C=O) groups excluding carboxylic acids is 1. The average Bonchev–Trinajstić information content (AvgIpc) is 3.54. The molecule has 2 fully saturated rings. The zero-order valence-corrected chi connectivity index (χ0v) is 18.1. The number of nitrogens with one attached hydrogen (secondary N) is 1. The third-order valence-electron chi connectivity index (χ3n) is 5.10. The maximum atomic E-state index is 13.3. The van der Waals surface area contributed by atoms with Crippen LogP contribution in [-0.4, -0.2) is 30.7 Å². The first kappa shape index (κ1) is 19.6. The first-order valence-corrected chi connectivity index (χ1v) is 11.8. The highest BCUT2D eigenvalue weighted by atomic mass is 79.9. The molecule has 1 amide bonds. The Morgan fingerprint density at radius 2 is 1.79 bits per heavy atom. The van der Waals surface area contributed by atoms with Crippen molar-refractivity contribution < 1.29 is 13.2 Å². The summed E-state index contributed by atoms with van der Waals surface area (Å²) < 4.78 is 28.7. The lowest BCUT2D eigenvalue weighted by Crippen LogP contribution is -2.33. The van der Waals surface area contributed by atoms with Crippen LogP contribution >= 0.6 is 15.9 Å². The Hall–Kier alpha value is -1.70. The van der Waals surface area contributed by atoms with Crippen molar-refractivity contribution in [3.63, 3.8) is 0 Å². The Bertz CT molecular complexity index is 997. The Balaban J connectivity index is 1.54. The molecule has 2 aromatic carbocycles. The molecule has 2 aliphatic rings.